The van der Waals surface area contributed by atoms with Gasteiger partial charge in [0.2, 0.25) is 0 Å². The minimum absolute atomic E-state index is 0.128. The number of hydrogen-bond donors (Lipinski definition) is 4. The molecule has 0 aliphatic carbocycles. The molecule has 0 saturated carbocycles. The van der Waals surface area contributed by atoms with Gasteiger partial charge in [0, 0.05) is 13.0 Å². The van der Waals surface area contributed by atoms with E-state index in [4.69, 9.17) is 18.9 Å². The SMILES string of the molecule is CC/C=C\C/C=C\C/C=C\CCCCCC(=O)OC(COCCCCCCCCCCCC/C=C\C/C=C\CCCCC)COC1OC(CO)C(O)C(O)C1O. The van der Waals surface area contributed by atoms with Gasteiger partial charge in [-0.3, -0.25) is 4.79 Å². The molecule has 9 nitrogen and oxygen atoms in total. The van der Waals surface area contributed by atoms with Gasteiger partial charge in [-0.1, -0.05) is 145 Å². The lowest BCUT2D eigenvalue weighted by Gasteiger charge is -2.39. The average molecular weight is 791 g/mol. The van der Waals surface area contributed by atoms with Crippen LogP contribution in [0.25, 0.3) is 0 Å². The largest absolute Gasteiger partial charge is 0.457 e. The van der Waals surface area contributed by atoms with Crippen molar-refractivity contribution in [3.8, 4) is 0 Å². The van der Waals surface area contributed by atoms with Crippen LogP contribution in [-0.4, -0.2) is 89.6 Å². The Hall–Kier alpha value is -2.11. The maximum atomic E-state index is 12.7. The molecule has 1 aliphatic heterocycles. The highest BCUT2D eigenvalue weighted by molar-refractivity contribution is 5.69. The number of unbranched alkanes of at least 4 members (excludes halogenated alkanes) is 16. The minimum atomic E-state index is -1.54. The summed E-state index contributed by atoms with van der Waals surface area (Å²) < 4.78 is 22.8. The number of hydrogen-bond acceptors (Lipinski definition) is 9. The second-order valence-electron chi connectivity index (χ2n) is 15.1. The first-order valence-electron chi connectivity index (χ1n) is 22.4. The van der Waals surface area contributed by atoms with Crippen molar-refractivity contribution in [2.45, 2.75) is 205 Å². The second kappa shape index (κ2) is 38.4. The third-order valence-corrected chi connectivity index (χ3v) is 9.92. The zero-order valence-corrected chi connectivity index (χ0v) is 35.4. The molecule has 324 valence electrons. The summed E-state index contributed by atoms with van der Waals surface area (Å²) in [6.45, 7) is 4.37. The van der Waals surface area contributed by atoms with Gasteiger partial charge < -0.3 is 39.4 Å². The molecule has 1 heterocycles. The first-order chi connectivity index (χ1) is 27.4. The van der Waals surface area contributed by atoms with E-state index in [2.05, 4.69) is 74.6 Å². The van der Waals surface area contributed by atoms with Crippen molar-refractivity contribution in [2.24, 2.45) is 0 Å². The zero-order valence-electron chi connectivity index (χ0n) is 35.4. The first kappa shape index (κ1) is 51.9. The number of rotatable bonds is 37. The Labute approximate surface area is 341 Å². The van der Waals surface area contributed by atoms with Crippen molar-refractivity contribution in [3.63, 3.8) is 0 Å². The summed E-state index contributed by atoms with van der Waals surface area (Å²) in [6, 6.07) is 0. The quantitative estimate of drug-likeness (QED) is 0.0276. The summed E-state index contributed by atoms with van der Waals surface area (Å²) in [4.78, 5) is 12.7. The summed E-state index contributed by atoms with van der Waals surface area (Å²) in [5, 5.41) is 40.1. The highest BCUT2D eigenvalue weighted by Crippen LogP contribution is 2.22. The predicted octanol–water partition coefficient (Wildman–Crippen LogP) is 9.91. The molecular weight excluding hydrogens is 709 g/mol. The highest BCUT2D eigenvalue weighted by Gasteiger charge is 2.44. The van der Waals surface area contributed by atoms with Crippen molar-refractivity contribution >= 4 is 5.97 Å². The third-order valence-electron chi connectivity index (χ3n) is 9.92. The van der Waals surface area contributed by atoms with E-state index in [9.17, 15) is 25.2 Å². The molecule has 4 N–H and O–H groups in total. The fourth-order valence-corrected chi connectivity index (χ4v) is 6.42. The zero-order chi connectivity index (χ0) is 40.7. The molecule has 1 rings (SSSR count). The molecule has 1 fully saturated rings. The van der Waals surface area contributed by atoms with E-state index in [1.807, 2.05) is 0 Å². The van der Waals surface area contributed by atoms with Crippen molar-refractivity contribution in [1.29, 1.82) is 0 Å². The first-order valence-corrected chi connectivity index (χ1v) is 22.4. The Morgan fingerprint density at radius 1 is 0.589 bits per heavy atom. The van der Waals surface area contributed by atoms with E-state index in [1.54, 1.807) is 0 Å². The average Bonchev–Trinajstić information content (AvgIpc) is 3.20. The minimum Gasteiger partial charge on any atom is -0.457 e. The molecule has 0 aromatic heterocycles. The number of carbonyl (C=O) groups excluding carboxylic acids is 1. The topological polar surface area (TPSA) is 135 Å². The van der Waals surface area contributed by atoms with Crippen LogP contribution in [0.15, 0.2) is 60.8 Å². The van der Waals surface area contributed by atoms with Crippen LogP contribution in [0.2, 0.25) is 0 Å². The maximum Gasteiger partial charge on any atom is 0.306 e. The normalized spacial score (nSPS) is 21.1. The Kier molecular flexibility index (Phi) is 35.6. The molecule has 0 aromatic rings. The lowest BCUT2D eigenvalue weighted by molar-refractivity contribution is -0.305. The number of ether oxygens (including phenoxy) is 4. The molecular formula is C47H82O9. The molecule has 0 amide bonds. The van der Waals surface area contributed by atoms with Crippen LogP contribution in [0.4, 0.5) is 0 Å². The van der Waals surface area contributed by atoms with Crippen LogP contribution >= 0.6 is 0 Å². The van der Waals surface area contributed by atoms with Gasteiger partial charge in [0.1, 0.15) is 30.5 Å². The number of allylic oxidation sites excluding steroid dienone is 10. The summed E-state index contributed by atoms with van der Waals surface area (Å²) in [7, 11) is 0. The van der Waals surface area contributed by atoms with Crippen LogP contribution in [-0.2, 0) is 23.7 Å². The summed E-state index contributed by atoms with van der Waals surface area (Å²) >= 11 is 0. The number of carbonyl (C=O) groups is 1. The molecule has 0 aromatic carbocycles. The summed E-state index contributed by atoms with van der Waals surface area (Å²) in [5.74, 6) is -0.345. The molecule has 6 unspecified atom stereocenters. The van der Waals surface area contributed by atoms with Gasteiger partial charge in [-0.15, -0.1) is 0 Å². The fraction of sp³-hybridized carbons (Fsp3) is 0.766. The van der Waals surface area contributed by atoms with Crippen LogP contribution in [0, 0.1) is 0 Å². The van der Waals surface area contributed by atoms with Gasteiger partial charge in [-0.25, -0.2) is 0 Å². The molecule has 0 bridgehead atoms. The smallest absolute Gasteiger partial charge is 0.306 e. The van der Waals surface area contributed by atoms with Crippen molar-refractivity contribution in [3.05, 3.63) is 60.8 Å². The van der Waals surface area contributed by atoms with Crippen molar-refractivity contribution in [2.75, 3.05) is 26.4 Å². The van der Waals surface area contributed by atoms with E-state index >= 15 is 0 Å². The highest BCUT2D eigenvalue weighted by atomic mass is 16.7. The number of aliphatic hydroxyl groups is 4. The van der Waals surface area contributed by atoms with Crippen molar-refractivity contribution < 1.29 is 44.2 Å². The molecule has 6 atom stereocenters. The van der Waals surface area contributed by atoms with Gasteiger partial charge >= 0.3 is 5.97 Å². The Bertz CT molecular complexity index is 1040. The lowest BCUT2D eigenvalue weighted by Crippen LogP contribution is -2.59. The Morgan fingerprint density at radius 3 is 1.64 bits per heavy atom. The Balaban J connectivity index is 2.26. The van der Waals surface area contributed by atoms with Crippen LogP contribution in [0.1, 0.15) is 168 Å². The maximum absolute atomic E-state index is 12.7. The molecule has 0 radical (unpaired) electrons. The number of esters is 1. The summed E-state index contributed by atoms with van der Waals surface area (Å²) in [6.07, 6.45) is 41.1. The standard InChI is InChI=1S/C47H82O9/c1-3-5-7-9-11-13-15-17-18-19-20-21-22-23-25-27-29-31-33-35-37-53-39-41(40-54-47-46(52)45(51)44(50)42(38-48)56-47)55-43(49)36-34-32-30-28-26-24-16-14-12-10-8-6-4-2/h6,8,11-14,17-18,24,26,41-42,44-48,50-52H,3-5,7,9-10,15-16,19-23,25,27-40H2,1-2H3/b8-6-,13-11-,14-12-,18-17-,26-24-. The molecule has 56 heavy (non-hydrogen) atoms. The van der Waals surface area contributed by atoms with Gasteiger partial charge in [0.15, 0.2) is 6.29 Å². The van der Waals surface area contributed by atoms with Crippen LogP contribution in [0.3, 0.4) is 0 Å². The molecule has 9 heteroatoms. The Morgan fingerprint density at radius 2 is 1.09 bits per heavy atom. The van der Waals surface area contributed by atoms with Gasteiger partial charge in [-0.2, -0.15) is 0 Å². The monoisotopic (exact) mass is 791 g/mol. The lowest BCUT2D eigenvalue weighted by atomic mass is 9.99. The van der Waals surface area contributed by atoms with Crippen LogP contribution in [0.5, 0.6) is 0 Å². The molecule has 1 aliphatic rings. The fourth-order valence-electron chi connectivity index (χ4n) is 6.42. The summed E-state index contributed by atoms with van der Waals surface area (Å²) in [5.41, 5.74) is 0. The van der Waals surface area contributed by atoms with Gasteiger partial charge in [0.25, 0.3) is 0 Å². The van der Waals surface area contributed by atoms with Crippen LogP contribution < -0.4 is 0 Å². The van der Waals surface area contributed by atoms with Gasteiger partial charge in [0.05, 0.1) is 19.8 Å². The number of aliphatic hydroxyl groups excluding tert-OH is 4. The second-order valence-corrected chi connectivity index (χ2v) is 15.1. The van der Waals surface area contributed by atoms with E-state index in [-0.39, 0.29) is 25.6 Å². The van der Waals surface area contributed by atoms with E-state index < -0.39 is 43.4 Å². The van der Waals surface area contributed by atoms with Gasteiger partial charge in [-0.05, 0) is 77.0 Å². The van der Waals surface area contributed by atoms with E-state index in [1.165, 1.54) is 83.5 Å². The van der Waals surface area contributed by atoms with E-state index in [0.717, 1.165) is 57.8 Å². The van der Waals surface area contributed by atoms with E-state index in [0.29, 0.717) is 13.0 Å². The molecule has 1 saturated heterocycles. The molecule has 0 spiro atoms. The van der Waals surface area contributed by atoms with Crippen molar-refractivity contribution in [1.82, 2.24) is 0 Å². The third kappa shape index (κ3) is 29.2. The predicted molar refractivity (Wildman–Crippen MR) is 228 cm³/mol.